The molecule has 0 aromatic carbocycles. The van der Waals surface area contributed by atoms with Crippen LogP contribution in [0.2, 0.25) is 0 Å². The van der Waals surface area contributed by atoms with E-state index in [0.29, 0.717) is 50.4 Å². The highest BCUT2D eigenvalue weighted by Crippen LogP contribution is 2.42. The summed E-state index contributed by atoms with van der Waals surface area (Å²) in [6, 6.07) is 0.276. The summed E-state index contributed by atoms with van der Waals surface area (Å²) in [6.07, 6.45) is 8.15. The Bertz CT molecular complexity index is 655. The van der Waals surface area contributed by atoms with E-state index in [1.165, 1.54) is 18.8 Å². The number of nitrogens with zero attached hydrogens (tertiary/aromatic N) is 4. The Balaban J connectivity index is 0.00000150. The molecular formula is C19H31Cl2F2N5O. The molecule has 1 saturated heterocycles. The number of aromatic nitrogens is 2. The minimum absolute atomic E-state index is 0. The lowest BCUT2D eigenvalue weighted by Gasteiger charge is -2.45. The Labute approximate surface area is 183 Å². The Kier molecular flexibility index (Phi) is 8.70. The first-order valence-corrected chi connectivity index (χ1v) is 10.1. The van der Waals surface area contributed by atoms with Gasteiger partial charge in [-0.3, -0.25) is 14.3 Å². The molecule has 0 radical (unpaired) electrons. The fraction of sp³-hybridized carbons (Fsp3) is 0.789. The SMILES string of the molecule is Cl.Cl.NC1C2CCCC1CC(C(=O)N1CCN(Cc3nccn3C(F)F)CC1)C2. The van der Waals surface area contributed by atoms with Crippen molar-refractivity contribution in [1.82, 2.24) is 19.4 Å². The second-order valence-corrected chi connectivity index (χ2v) is 8.33. The van der Waals surface area contributed by atoms with Crippen molar-refractivity contribution in [3.8, 4) is 0 Å². The number of hydrogen-bond donors (Lipinski definition) is 1. The first kappa shape index (κ1) is 24.3. The summed E-state index contributed by atoms with van der Waals surface area (Å²) in [5, 5.41) is 0. The van der Waals surface area contributed by atoms with Gasteiger partial charge < -0.3 is 10.6 Å². The highest BCUT2D eigenvalue weighted by Gasteiger charge is 2.41. The first-order chi connectivity index (χ1) is 13.0. The fourth-order valence-corrected chi connectivity index (χ4v) is 5.22. The molecule has 2 saturated carbocycles. The summed E-state index contributed by atoms with van der Waals surface area (Å²) in [5.41, 5.74) is 6.35. The van der Waals surface area contributed by atoms with Crippen molar-refractivity contribution >= 4 is 30.7 Å². The van der Waals surface area contributed by atoms with Gasteiger partial charge in [-0.2, -0.15) is 8.78 Å². The minimum atomic E-state index is -2.57. The second kappa shape index (κ2) is 10.4. The van der Waals surface area contributed by atoms with E-state index in [9.17, 15) is 13.6 Å². The van der Waals surface area contributed by atoms with E-state index in [0.717, 1.165) is 30.3 Å². The molecule has 1 amide bonds. The van der Waals surface area contributed by atoms with Crippen molar-refractivity contribution in [1.29, 1.82) is 0 Å². The topological polar surface area (TPSA) is 67.4 Å². The van der Waals surface area contributed by atoms with Crippen molar-refractivity contribution in [3.05, 3.63) is 18.2 Å². The van der Waals surface area contributed by atoms with Gasteiger partial charge in [-0.15, -0.1) is 24.8 Å². The zero-order valence-corrected chi connectivity index (χ0v) is 18.1. The maximum Gasteiger partial charge on any atom is 0.319 e. The Hall–Kier alpha value is -0.960. The number of carbonyl (C=O) groups excluding carboxylic acids is 1. The molecule has 1 aliphatic heterocycles. The van der Waals surface area contributed by atoms with Gasteiger partial charge in [-0.1, -0.05) is 6.42 Å². The van der Waals surface area contributed by atoms with E-state index >= 15 is 0 Å². The van der Waals surface area contributed by atoms with Crippen LogP contribution in [0.3, 0.4) is 0 Å². The lowest BCUT2D eigenvalue weighted by Crippen LogP contribution is -2.53. The molecule has 1 aromatic rings. The van der Waals surface area contributed by atoms with Gasteiger partial charge in [0.1, 0.15) is 5.82 Å². The van der Waals surface area contributed by atoms with Crippen LogP contribution in [-0.4, -0.2) is 57.5 Å². The number of rotatable bonds is 4. The third-order valence-corrected chi connectivity index (χ3v) is 6.77. The largest absolute Gasteiger partial charge is 0.340 e. The van der Waals surface area contributed by atoms with E-state index in [1.807, 2.05) is 4.90 Å². The molecule has 4 rings (SSSR count). The highest BCUT2D eigenvalue weighted by atomic mass is 35.5. The van der Waals surface area contributed by atoms with E-state index in [2.05, 4.69) is 9.88 Å². The van der Waals surface area contributed by atoms with Crippen molar-refractivity contribution in [3.63, 3.8) is 0 Å². The molecule has 0 spiro atoms. The third-order valence-electron chi connectivity index (χ3n) is 6.77. The van der Waals surface area contributed by atoms with Crippen LogP contribution >= 0.6 is 24.8 Å². The van der Waals surface area contributed by atoms with Gasteiger partial charge in [0.05, 0.1) is 6.54 Å². The number of hydrogen-bond acceptors (Lipinski definition) is 4. The molecule has 2 heterocycles. The predicted octanol–water partition coefficient (Wildman–Crippen LogP) is 2.92. The van der Waals surface area contributed by atoms with Crippen molar-refractivity contribution in [2.75, 3.05) is 26.2 Å². The molecule has 2 atom stereocenters. The highest BCUT2D eigenvalue weighted by molar-refractivity contribution is 5.85. The molecule has 2 unspecified atom stereocenters. The number of halogens is 4. The molecule has 3 fully saturated rings. The summed E-state index contributed by atoms with van der Waals surface area (Å²) in [4.78, 5) is 21.1. The van der Waals surface area contributed by atoms with Gasteiger partial charge in [0.15, 0.2) is 0 Å². The van der Waals surface area contributed by atoms with Crippen molar-refractivity contribution in [2.24, 2.45) is 23.5 Å². The summed E-state index contributed by atoms with van der Waals surface area (Å²) in [5.74, 6) is 1.76. The number of fused-ring (bicyclic) bond motifs is 2. The number of nitrogens with two attached hydrogens (primary N) is 1. The molecule has 10 heteroatoms. The van der Waals surface area contributed by atoms with E-state index in [1.54, 1.807) is 0 Å². The Morgan fingerprint density at radius 3 is 2.34 bits per heavy atom. The van der Waals surface area contributed by atoms with Crippen LogP contribution in [0.5, 0.6) is 0 Å². The quantitative estimate of drug-likeness (QED) is 0.760. The number of piperazine rings is 1. The van der Waals surface area contributed by atoms with Crippen LogP contribution in [0, 0.1) is 17.8 Å². The fourth-order valence-electron chi connectivity index (χ4n) is 5.22. The summed E-state index contributed by atoms with van der Waals surface area (Å²) < 4.78 is 26.8. The standard InChI is InChI=1S/C19H29F2N5O.2ClH/c20-19(21)26-5-4-23-16(26)12-24-6-8-25(9-7-24)18(27)15-10-13-2-1-3-14(11-15)17(13)22;;/h4-5,13-15,17,19H,1-3,6-12,22H2;2*1H. The van der Waals surface area contributed by atoms with Gasteiger partial charge in [0.2, 0.25) is 5.91 Å². The molecule has 3 aliphatic rings. The van der Waals surface area contributed by atoms with E-state index in [-0.39, 0.29) is 42.7 Å². The van der Waals surface area contributed by atoms with Crippen LogP contribution in [-0.2, 0) is 11.3 Å². The minimum Gasteiger partial charge on any atom is -0.340 e. The van der Waals surface area contributed by atoms with Gasteiger partial charge >= 0.3 is 6.55 Å². The predicted molar refractivity (Wildman–Crippen MR) is 111 cm³/mol. The van der Waals surface area contributed by atoms with Crippen molar-refractivity contribution in [2.45, 2.75) is 51.2 Å². The summed E-state index contributed by atoms with van der Waals surface area (Å²) in [6.45, 7) is 0.532. The molecule has 166 valence electrons. The van der Waals surface area contributed by atoms with Crippen LogP contribution in [0.25, 0.3) is 0 Å². The maximum absolute atomic E-state index is 13.0. The second-order valence-electron chi connectivity index (χ2n) is 8.33. The molecule has 29 heavy (non-hydrogen) atoms. The normalized spacial score (nSPS) is 29.9. The summed E-state index contributed by atoms with van der Waals surface area (Å²) >= 11 is 0. The Morgan fingerprint density at radius 1 is 1.14 bits per heavy atom. The molecular weight excluding hydrogens is 423 g/mol. The van der Waals surface area contributed by atoms with Gasteiger partial charge in [-0.25, -0.2) is 4.98 Å². The number of carbonyl (C=O) groups is 1. The molecule has 6 nitrogen and oxygen atoms in total. The Morgan fingerprint density at radius 2 is 1.76 bits per heavy atom. The number of alkyl halides is 2. The zero-order valence-electron chi connectivity index (χ0n) is 16.5. The average molecular weight is 454 g/mol. The van der Waals surface area contributed by atoms with Gasteiger partial charge in [-0.05, 0) is 37.5 Å². The van der Waals surface area contributed by atoms with Crippen molar-refractivity contribution < 1.29 is 13.6 Å². The smallest absolute Gasteiger partial charge is 0.319 e. The molecule has 1 aromatic heterocycles. The molecule has 2 aliphatic carbocycles. The van der Waals surface area contributed by atoms with E-state index < -0.39 is 6.55 Å². The lowest BCUT2D eigenvalue weighted by molar-refractivity contribution is -0.140. The first-order valence-electron chi connectivity index (χ1n) is 10.1. The number of amides is 1. The molecule has 2 bridgehead atoms. The zero-order chi connectivity index (χ0) is 19.0. The van der Waals surface area contributed by atoms with Crippen LogP contribution in [0.15, 0.2) is 12.4 Å². The summed E-state index contributed by atoms with van der Waals surface area (Å²) in [7, 11) is 0. The average Bonchev–Trinajstić information content (AvgIpc) is 3.10. The number of imidazole rings is 1. The maximum atomic E-state index is 13.0. The third kappa shape index (κ3) is 5.21. The lowest BCUT2D eigenvalue weighted by atomic mass is 9.65. The van der Waals surface area contributed by atoms with Crippen LogP contribution < -0.4 is 5.73 Å². The van der Waals surface area contributed by atoms with Gasteiger partial charge in [0, 0.05) is 50.5 Å². The monoisotopic (exact) mass is 453 g/mol. The van der Waals surface area contributed by atoms with Crippen LogP contribution in [0.1, 0.15) is 44.5 Å². The van der Waals surface area contributed by atoms with E-state index in [4.69, 9.17) is 5.73 Å². The van der Waals surface area contributed by atoms with Gasteiger partial charge in [0.25, 0.3) is 0 Å². The van der Waals surface area contributed by atoms with Crippen LogP contribution in [0.4, 0.5) is 8.78 Å². The molecule has 2 N–H and O–H groups in total.